The summed E-state index contributed by atoms with van der Waals surface area (Å²) in [5.41, 5.74) is 7.39. The van der Waals surface area contributed by atoms with Gasteiger partial charge in [-0.25, -0.2) is 0 Å². The molecule has 0 aliphatic rings. The highest BCUT2D eigenvalue weighted by molar-refractivity contribution is 7.07. The second-order valence-electron chi connectivity index (χ2n) is 3.71. The Morgan fingerprint density at radius 3 is 2.93 bits per heavy atom. The van der Waals surface area contributed by atoms with Crippen molar-refractivity contribution in [3.63, 3.8) is 0 Å². The average molecular weight is 213 g/mol. The van der Waals surface area contributed by atoms with Gasteiger partial charge in [0.2, 0.25) is 0 Å². The van der Waals surface area contributed by atoms with Crippen LogP contribution in [0, 0.1) is 0 Å². The Balaban J connectivity index is 2.18. The highest BCUT2D eigenvalue weighted by Gasteiger charge is 2.08. The fourth-order valence-electron chi connectivity index (χ4n) is 1.43. The summed E-state index contributed by atoms with van der Waals surface area (Å²) in [6, 6.07) is 2.42. The highest BCUT2D eigenvalue weighted by Crippen LogP contribution is 2.11. The van der Waals surface area contributed by atoms with Gasteiger partial charge in [-0.05, 0) is 48.6 Å². The molecule has 0 aliphatic carbocycles. The van der Waals surface area contributed by atoms with Crippen LogP contribution < -0.4 is 5.73 Å². The molecule has 0 bridgehead atoms. The van der Waals surface area contributed by atoms with Gasteiger partial charge in [0.05, 0.1) is 6.10 Å². The monoisotopic (exact) mass is 213 g/mol. The minimum absolute atomic E-state index is 0.254. The Hall–Kier alpha value is -0.380. The number of hydrogen-bond acceptors (Lipinski definition) is 3. The first kappa shape index (κ1) is 11.7. The number of hydrogen-bond donors (Lipinski definition) is 1. The van der Waals surface area contributed by atoms with Crippen LogP contribution in [0.5, 0.6) is 0 Å². The molecule has 2 N–H and O–H groups in total. The molecule has 80 valence electrons. The lowest BCUT2D eigenvalue weighted by molar-refractivity contribution is 0.104. The molecule has 0 aliphatic heterocycles. The van der Waals surface area contributed by atoms with Gasteiger partial charge in [0.1, 0.15) is 0 Å². The van der Waals surface area contributed by atoms with E-state index in [0.29, 0.717) is 0 Å². The minimum Gasteiger partial charge on any atom is -0.382 e. The Morgan fingerprint density at radius 1 is 1.57 bits per heavy atom. The summed E-state index contributed by atoms with van der Waals surface area (Å²) in [6.07, 6.45) is 3.35. The summed E-state index contributed by atoms with van der Waals surface area (Å²) >= 11 is 1.74. The van der Waals surface area contributed by atoms with Gasteiger partial charge in [-0.15, -0.1) is 0 Å². The van der Waals surface area contributed by atoms with Crippen molar-refractivity contribution in [2.45, 2.75) is 38.3 Å². The Labute approximate surface area is 90.1 Å². The maximum Gasteiger partial charge on any atom is 0.0558 e. The first-order chi connectivity index (χ1) is 6.72. The van der Waals surface area contributed by atoms with Gasteiger partial charge in [-0.2, -0.15) is 11.3 Å². The lowest BCUT2D eigenvalue weighted by Gasteiger charge is -2.15. The van der Waals surface area contributed by atoms with E-state index in [-0.39, 0.29) is 12.1 Å². The SMILES string of the molecule is COC(C)CC(N)CCc1ccsc1. The van der Waals surface area contributed by atoms with Gasteiger partial charge in [-0.1, -0.05) is 0 Å². The summed E-state index contributed by atoms with van der Waals surface area (Å²) in [4.78, 5) is 0. The molecule has 0 radical (unpaired) electrons. The van der Waals surface area contributed by atoms with Gasteiger partial charge in [-0.3, -0.25) is 0 Å². The van der Waals surface area contributed by atoms with Gasteiger partial charge in [0, 0.05) is 13.2 Å². The standard InChI is InChI=1S/C11H19NOS/c1-9(13-2)7-11(12)4-3-10-5-6-14-8-10/h5-6,8-9,11H,3-4,7,12H2,1-2H3. The smallest absolute Gasteiger partial charge is 0.0558 e. The van der Waals surface area contributed by atoms with E-state index in [2.05, 4.69) is 23.8 Å². The molecule has 2 atom stereocenters. The van der Waals surface area contributed by atoms with Crippen LogP contribution in [0.4, 0.5) is 0 Å². The fraction of sp³-hybridized carbons (Fsp3) is 0.636. The third-order valence-corrected chi connectivity index (χ3v) is 3.15. The zero-order valence-corrected chi connectivity index (χ0v) is 9.72. The van der Waals surface area contributed by atoms with Crippen molar-refractivity contribution in [2.75, 3.05) is 7.11 Å². The molecule has 0 fully saturated rings. The van der Waals surface area contributed by atoms with Gasteiger partial charge in [0.25, 0.3) is 0 Å². The van der Waals surface area contributed by atoms with E-state index >= 15 is 0 Å². The van der Waals surface area contributed by atoms with Crippen molar-refractivity contribution in [3.05, 3.63) is 22.4 Å². The van der Waals surface area contributed by atoms with Crippen molar-refractivity contribution in [1.29, 1.82) is 0 Å². The molecule has 0 spiro atoms. The number of aryl methyl sites for hydroxylation is 1. The summed E-state index contributed by atoms with van der Waals surface area (Å²) in [5, 5.41) is 4.30. The molecule has 0 aromatic carbocycles. The topological polar surface area (TPSA) is 35.2 Å². The van der Waals surface area contributed by atoms with Gasteiger partial charge >= 0.3 is 0 Å². The van der Waals surface area contributed by atoms with Crippen LogP contribution in [-0.2, 0) is 11.2 Å². The van der Waals surface area contributed by atoms with E-state index in [0.717, 1.165) is 19.3 Å². The van der Waals surface area contributed by atoms with Crippen molar-refractivity contribution >= 4 is 11.3 Å². The average Bonchev–Trinajstić information content (AvgIpc) is 2.67. The lowest BCUT2D eigenvalue weighted by atomic mass is 10.0. The third kappa shape index (κ3) is 4.22. The van der Waals surface area contributed by atoms with Crippen LogP contribution in [0.3, 0.4) is 0 Å². The zero-order valence-electron chi connectivity index (χ0n) is 8.90. The van der Waals surface area contributed by atoms with Crippen molar-refractivity contribution in [1.82, 2.24) is 0 Å². The van der Waals surface area contributed by atoms with E-state index in [9.17, 15) is 0 Å². The predicted molar refractivity (Wildman–Crippen MR) is 61.7 cm³/mol. The van der Waals surface area contributed by atoms with Crippen LogP contribution in [0.25, 0.3) is 0 Å². The van der Waals surface area contributed by atoms with Crippen LogP contribution in [0.1, 0.15) is 25.3 Å². The summed E-state index contributed by atoms with van der Waals surface area (Å²) in [6.45, 7) is 2.06. The van der Waals surface area contributed by atoms with Crippen LogP contribution >= 0.6 is 11.3 Å². The van der Waals surface area contributed by atoms with Gasteiger partial charge < -0.3 is 10.5 Å². The van der Waals surface area contributed by atoms with E-state index in [4.69, 9.17) is 10.5 Å². The normalized spacial score (nSPS) is 15.4. The Bertz CT molecular complexity index is 235. The predicted octanol–water partition coefficient (Wildman–Crippen LogP) is 2.43. The molecular formula is C11H19NOS. The van der Waals surface area contributed by atoms with Gasteiger partial charge in [0.15, 0.2) is 0 Å². The highest BCUT2D eigenvalue weighted by atomic mass is 32.1. The van der Waals surface area contributed by atoms with Crippen molar-refractivity contribution < 1.29 is 4.74 Å². The molecule has 1 rings (SSSR count). The molecule has 0 saturated carbocycles. The largest absolute Gasteiger partial charge is 0.382 e. The Morgan fingerprint density at radius 2 is 2.36 bits per heavy atom. The van der Waals surface area contributed by atoms with Crippen LogP contribution in [0.15, 0.2) is 16.8 Å². The molecule has 1 heterocycles. The summed E-state index contributed by atoms with van der Waals surface area (Å²) < 4.78 is 5.18. The molecule has 2 nitrogen and oxygen atoms in total. The minimum atomic E-state index is 0.254. The number of rotatable bonds is 6. The number of ether oxygens (including phenoxy) is 1. The van der Waals surface area contributed by atoms with E-state index < -0.39 is 0 Å². The third-order valence-electron chi connectivity index (χ3n) is 2.42. The molecule has 14 heavy (non-hydrogen) atoms. The maximum atomic E-state index is 5.99. The first-order valence-electron chi connectivity index (χ1n) is 5.02. The second kappa shape index (κ2) is 6.17. The molecule has 0 saturated heterocycles. The second-order valence-corrected chi connectivity index (χ2v) is 4.49. The molecule has 2 unspecified atom stereocenters. The van der Waals surface area contributed by atoms with Crippen molar-refractivity contribution in [2.24, 2.45) is 5.73 Å². The molecule has 1 aromatic heterocycles. The van der Waals surface area contributed by atoms with Crippen molar-refractivity contribution in [3.8, 4) is 0 Å². The fourth-order valence-corrected chi connectivity index (χ4v) is 2.13. The van der Waals surface area contributed by atoms with E-state index in [1.165, 1.54) is 5.56 Å². The molecule has 3 heteroatoms. The first-order valence-corrected chi connectivity index (χ1v) is 5.96. The quantitative estimate of drug-likeness (QED) is 0.787. The molecule has 1 aromatic rings. The van der Waals surface area contributed by atoms with Crippen LogP contribution in [0.2, 0.25) is 0 Å². The lowest BCUT2D eigenvalue weighted by Crippen LogP contribution is -2.26. The van der Waals surface area contributed by atoms with Crippen LogP contribution in [-0.4, -0.2) is 19.3 Å². The summed E-state index contributed by atoms with van der Waals surface area (Å²) in [7, 11) is 1.73. The number of thiophene rings is 1. The summed E-state index contributed by atoms with van der Waals surface area (Å²) in [5.74, 6) is 0. The number of methoxy groups -OCH3 is 1. The molecular weight excluding hydrogens is 194 g/mol. The maximum absolute atomic E-state index is 5.99. The molecule has 0 amide bonds. The van der Waals surface area contributed by atoms with E-state index in [1.54, 1.807) is 18.4 Å². The van der Waals surface area contributed by atoms with E-state index in [1.807, 2.05) is 0 Å². The number of nitrogens with two attached hydrogens (primary N) is 1. The zero-order chi connectivity index (χ0) is 10.4. The Kier molecular flexibility index (Phi) is 5.15.